The summed E-state index contributed by atoms with van der Waals surface area (Å²) < 4.78 is 5.07. The minimum Gasteiger partial charge on any atom is -0.497 e. The lowest BCUT2D eigenvalue weighted by Crippen LogP contribution is -2.36. The van der Waals surface area contributed by atoms with Gasteiger partial charge in [0.1, 0.15) is 5.75 Å². The molecule has 98 valence electrons. The van der Waals surface area contributed by atoms with Crippen molar-refractivity contribution in [1.82, 2.24) is 0 Å². The molecule has 0 heterocycles. The first-order valence-electron chi connectivity index (χ1n) is 5.44. The van der Waals surface area contributed by atoms with Gasteiger partial charge >= 0.3 is 0 Å². The van der Waals surface area contributed by atoms with Crippen LogP contribution in [0, 0.1) is 5.41 Å². The molecule has 0 saturated carbocycles. The molecule has 4 heteroatoms. The van der Waals surface area contributed by atoms with Gasteiger partial charge in [0.05, 0.1) is 19.3 Å². The van der Waals surface area contributed by atoms with Crippen molar-refractivity contribution < 1.29 is 9.84 Å². The van der Waals surface area contributed by atoms with Gasteiger partial charge in [-0.15, -0.1) is 12.4 Å². The van der Waals surface area contributed by atoms with Gasteiger partial charge in [-0.25, -0.2) is 0 Å². The minimum atomic E-state index is -0.569. The molecule has 0 amide bonds. The van der Waals surface area contributed by atoms with Crippen LogP contribution >= 0.6 is 12.4 Å². The van der Waals surface area contributed by atoms with Crippen LogP contribution in [0.4, 0.5) is 0 Å². The van der Waals surface area contributed by atoms with Crippen LogP contribution in [0.2, 0.25) is 0 Å². The zero-order valence-corrected chi connectivity index (χ0v) is 11.6. The predicted molar refractivity (Wildman–Crippen MR) is 72.6 cm³/mol. The number of aliphatic hydroxyl groups is 1. The summed E-state index contributed by atoms with van der Waals surface area (Å²) in [4.78, 5) is 0. The number of hydrogen-bond acceptors (Lipinski definition) is 3. The van der Waals surface area contributed by atoms with E-state index in [1.165, 1.54) is 0 Å². The van der Waals surface area contributed by atoms with E-state index in [4.69, 9.17) is 10.5 Å². The van der Waals surface area contributed by atoms with Crippen molar-refractivity contribution >= 4 is 12.4 Å². The number of ether oxygens (including phenoxy) is 1. The van der Waals surface area contributed by atoms with Crippen LogP contribution in [-0.2, 0) is 0 Å². The molecule has 0 aliphatic heterocycles. The molecule has 3 nitrogen and oxygen atoms in total. The molecular weight excluding hydrogens is 238 g/mol. The third kappa shape index (κ3) is 4.19. The lowest BCUT2D eigenvalue weighted by molar-refractivity contribution is 0.0401. The third-order valence-electron chi connectivity index (χ3n) is 2.73. The number of methoxy groups -OCH3 is 1. The quantitative estimate of drug-likeness (QED) is 0.877. The molecule has 1 aromatic carbocycles. The predicted octanol–water partition coefficient (Wildman–Crippen LogP) is 2.52. The van der Waals surface area contributed by atoms with E-state index in [1.807, 2.05) is 45.0 Å². The number of nitrogens with two attached hydrogens (primary N) is 1. The molecule has 1 rings (SSSR count). The summed E-state index contributed by atoms with van der Waals surface area (Å²) in [5.41, 5.74) is 6.72. The van der Waals surface area contributed by atoms with Gasteiger partial charge in [-0.2, -0.15) is 0 Å². The fourth-order valence-electron chi connectivity index (χ4n) is 1.55. The van der Waals surface area contributed by atoms with Gasteiger partial charge in [-0.05, 0) is 23.1 Å². The Labute approximate surface area is 109 Å². The van der Waals surface area contributed by atoms with Crippen molar-refractivity contribution in [2.45, 2.75) is 32.9 Å². The molecular formula is C13H22ClNO2. The van der Waals surface area contributed by atoms with Crippen molar-refractivity contribution in [2.24, 2.45) is 11.1 Å². The maximum absolute atomic E-state index is 10.1. The standard InChI is InChI=1S/C13H21NO2.ClH/c1-13(2,3)12(15)11(14)9-5-7-10(16-4)8-6-9;/h5-8,11-12,15H,14H2,1-4H3;1H/t11-,12-;/m1./s1. The van der Waals surface area contributed by atoms with E-state index in [2.05, 4.69) is 0 Å². The molecule has 0 spiro atoms. The minimum absolute atomic E-state index is 0. The van der Waals surface area contributed by atoms with Gasteiger partial charge in [0.2, 0.25) is 0 Å². The highest BCUT2D eigenvalue weighted by molar-refractivity contribution is 5.85. The fourth-order valence-corrected chi connectivity index (χ4v) is 1.55. The topological polar surface area (TPSA) is 55.5 Å². The second-order valence-corrected chi connectivity index (χ2v) is 5.11. The SMILES string of the molecule is COc1ccc([C@@H](N)[C@@H](O)C(C)(C)C)cc1.Cl. The Hall–Kier alpha value is -0.770. The van der Waals surface area contributed by atoms with Crippen molar-refractivity contribution in [3.8, 4) is 5.75 Å². The normalized spacial score (nSPS) is 14.7. The molecule has 0 unspecified atom stereocenters. The average Bonchev–Trinajstić information content (AvgIpc) is 2.26. The van der Waals surface area contributed by atoms with Crippen molar-refractivity contribution in [2.75, 3.05) is 7.11 Å². The first kappa shape index (κ1) is 16.2. The van der Waals surface area contributed by atoms with Crippen LogP contribution in [0.25, 0.3) is 0 Å². The van der Waals surface area contributed by atoms with E-state index in [0.29, 0.717) is 0 Å². The number of benzene rings is 1. The van der Waals surface area contributed by atoms with Crippen LogP contribution in [0.5, 0.6) is 5.75 Å². The van der Waals surface area contributed by atoms with E-state index in [9.17, 15) is 5.11 Å². The fraction of sp³-hybridized carbons (Fsp3) is 0.538. The molecule has 0 aliphatic carbocycles. The van der Waals surface area contributed by atoms with Crippen molar-refractivity contribution in [3.05, 3.63) is 29.8 Å². The Morgan fingerprint density at radius 1 is 1.18 bits per heavy atom. The Morgan fingerprint density at radius 3 is 2.00 bits per heavy atom. The first-order valence-corrected chi connectivity index (χ1v) is 5.44. The molecule has 3 N–H and O–H groups in total. The zero-order chi connectivity index (χ0) is 12.3. The molecule has 2 atom stereocenters. The van der Waals surface area contributed by atoms with Gasteiger partial charge in [0.15, 0.2) is 0 Å². The highest BCUT2D eigenvalue weighted by Gasteiger charge is 2.28. The molecule has 17 heavy (non-hydrogen) atoms. The van der Waals surface area contributed by atoms with Gasteiger partial charge in [-0.3, -0.25) is 0 Å². The lowest BCUT2D eigenvalue weighted by atomic mass is 9.82. The number of halogens is 1. The molecule has 0 radical (unpaired) electrons. The molecule has 0 aliphatic rings. The lowest BCUT2D eigenvalue weighted by Gasteiger charge is -2.31. The molecule has 0 bridgehead atoms. The van der Waals surface area contributed by atoms with Gasteiger partial charge < -0.3 is 15.6 Å². The summed E-state index contributed by atoms with van der Waals surface area (Å²) in [5, 5.41) is 10.1. The van der Waals surface area contributed by atoms with E-state index in [1.54, 1.807) is 7.11 Å². The second-order valence-electron chi connectivity index (χ2n) is 5.11. The van der Waals surface area contributed by atoms with Crippen LogP contribution in [0.3, 0.4) is 0 Å². The summed E-state index contributed by atoms with van der Waals surface area (Å²) in [7, 11) is 1.62. The smallest absolute Gasteiger partial charge is 0.118 e. The van der Waals surface area contributed by atoms with E-state index < -0.39 is 6.10 Å². The summed E-state index contributed by atoms with van der Waals surface area (Å²) in [6.45, 7) is 5.92. The third-order valence-corrected chi connectivity index (χ3v) is 2.73. The van der Waals surface area contributed by atoms with Crippen LogP contribution < -0.4 is 10.5 Å². The maximum atomic E-state index is 10.1. The van der Waals surface area contributed by atoms with E-state index in [0.717, 1.165) is 11.3 Å². The van der Waals surface area contributed by atoms with Crippen molar-refractivity contribution in [3.63, 3.8) is 0 Å². The molecule has 0 saturated heterocycles. The highest BCUT2D eigenvalue weighted by atomic mass is 35.5. The monoisotopic (exact) mass is 259 g/mol. The average molecular weight is 260 g/mol. The summed E-state index contributed by atoms with van der Waals surface area (Å²) in [5.74, 6) is 0.793. The Balaban J connectivity index is 0.00000256. The second kappa shape index (κ2) is 6.24. The number of rotatable bonds is 3. The molecule has 1 aromatic rings. The van der Waals surface area contributed by atoms with E-state index >= 15 is 0 Å². The van der Waals surface area contributed by atoms with E-state index in [-0.39, 0.29) is 23.9 Å². The molecule has 0 aromatic heterocycles. The van der Waals surface area contributed by atoms with Gasteiger partial charge in [0, 0.05) is 0 Å². The Bertz CT molecular complexity index is 332. The summed E-state index contributed by atoms with van der Waals surface area (Å²) >= 11 is 0. The zero-order valence-electron chi connectivity index (χ0n) is 10.8. The van der Waals surface area contributed by atoms with Gasteiger partial charge in [-0.1, -0.05) is 32.9 Å². The Kier molecular flexibility index (Phi) is 5.96. The van der Waals surface area contributed by atoms with Crippen LogP contribution in [-0.4, -0.2) is 18.3 Å². The largest absolute Gasteiger partial charge is 0.497 e. The molecule has 0 fully saturated rings. The first-order chi connectivity index (χ1) is 7.36. The Morgan fingerprint density at radius 2 is 1.65 bits per heavy atom. The number of aliphatic hydroxyl groups excluding tert-OH is 1. The van der Waals surface area contributed by atoms with Gasteiger partial charge in [0.25, 0.3) is 0 Å². The summed E-state index contributed by atoms with van der Waals surface area (Å²) in [6, 6.07) is 7.11. The van der Waals surface area contributed by atoms with Crippen LogP contribution in [0.1, 0.15) is 32.4 Å². The maximum Gasteiger partial charge on any atom is 0.118 e. The van der Waals surface area contributed by atoms with Crippen molar-refractivity contribution in [1.29, 1.82) is 0 Å². The highest BCUT2D eigenvalue weighted by Crippen LogP contribution is 2.29. The summed E-state index contributed by atoms with van der Waals surface area (Å²) in [6.07, 6.45) is -0.569. The van der Waals surface area contributed by atoms with Crippen LogP contribution in [0.15, 0.2) is 24.3 Å². The number of hydrogen-bond donors (Lipinski definition) is 2.